The molecule has 0 bridgehead atoms. The Kier molecular flexibility index (Phi) is 5.20. The summed E-state index contributed by atoms with van der Waals surface area (Å²) in [6.45, 7) is 2.60. The number of hydrogen-bond donors (Lipinski definition) is 1. The fourth-order valence-corrected chi connectivity index (χ4v) is 1.23. The van der Waals surface area contributed by atoms with Gasteiger partial charge >= 0.3 is 5.97 Å². The lowest BCUT2D eigenvalue weighted by atomic mass is 10.2. The SMILES string of the molecule is CCCCOc1ccc(/C=C/C(=O)O)c(F)c1. The van der Waals surface area contributed by atoms with Crippen molar-refractivity contribution in [3.8, 4) is 5.75 Å². The number of hydrogen-bond acceptors (Lipinski definition) is 2. The molecule has 0 atom stereocenters. The van der Waals surface area contributed by atoms with Crippen LogP contribution in [0, 0.1) is 5.82 Å². The van der Waals surface area contributed by atoms with Gasteiger partial charge in [0.25, 0.3) is 0 Å². The predicted octanol–water partition coefficient (Wildman–Crippen LogP) is 3.10. The summed E-state index contributed by atoms with van der Waals surface area (Å²) in [5.74, 6) is -1.13. The zero-order chi connectivity index (χ0) is 12.7. The lowest BCUT2D eigenvalue weighted by Crippen LogP contribution is -1.97. The maximum absolute atomic E-state index is 13.5. The topological polar surface area (TPSA) is 46.5 Å². The average molecular weight is 238 g/mol. The third kappa shape index (κ3) is 4.68. The molecule has 0 aromatic heterocycles. The van der Waals surface area contributed by atoms with Crippen LogP contribution in [0.5, 0.6) is 5.75 Å². The molecule has 4 heteroatoms. The van der Waals surface area contributed by atoms with Crippen LogP contribution in [0.15, 0.2) is 24.3 Å². The first-order valence-corrected chi connectivity index (χ1v) is 5.47. The fraction of sp³-hybridized carbons (Fsp3) is 0.308. The summed E-state index contributed by atoms with van der Waals surface area (Å²) in [7, 11) is 0. The van der Waals surface area contributed by atoms with Gasteiger partial charge < -0.3 is 9.84 Å². The van der Waals surface area contributed by atoms with E-state index < -0.39 is 11.8 Å². The molecule has 0 aliphatic carbocycles. The molecular weight excluding hydrogens is 223 g/mol. The van der Waals surface area contributed by atoms with Gasteiger partial charge in [0.15, 0.2) is 0 Å². The first kappa shape index (κ1) is 13.2. The summed E-state index contributed by atoms with van der Waals surface area (Å²) in [6, 6.07) is 4.38. The number of aliphatic carboxylic acids is 1. The average Bonchev–Trinajstić information content (AvgIpc) is 2.28. The molecule has 0 amide bonds. The molecule has 1 aromatic rings. The van der Waals surface area contributed by atoms with Gasteiger partial charge in [-0.15, -0.1) is 0 Å². The minimum absolute atomic E-state index is 0.232. The van der Waals surface area contributed by atoms with E-state index in [4.69, 9.17) is 9.84 Å². The van der Waals surface area contributed by atoms with Gasteiger partial charge in [-0.2, -0.15) is 0 Å². The lowest BCUT2D eigenvalue weighted by Gasteiger charge is -2.06. The van der Waals surface area contributed by atoms with Crippen LogP contribution in [0.1, 0.15) is 25.3 Å². The molecule has 3 nitrogen and oxygen atoms in total. The molecule has 0 aliphatic heterocycles. The standard InChI is InChI=1S/C13H15FO3/c1-2-3-8-17-11-6-4-10(12(14)9-11)5-7-13(15)16/h4-7,9H,2-3,8H2,1H3,(H,15,16)/b7-5+. The number of carboxylic acid groups (broad SMARTS) is 1. The summed E-state index contributed by atoms with van der Waals surface area (Å²) in [5.41, 5.74) is 0.232. The van der Waals surface area contributed by atoms with E-state index in [9.17, 15) is 9.18 Å². The molecule has 0 fully saturated rings. The number of unbranched alkanes of at least 4 members (excludes halogenated alkanes) is 1. The highest BCUT2D eigenvalue weighted by Gasteiger charge is 2.02. The summed E-state index contributed by atoms with van der Waals surface area (Å²) in [4.78, 5) is 10.3. The van der Waals surface area contributed by atoms with Crippen LogP contribution in [0.4, 0.5) is 4.39 Å². The van der Waals surface area contributed by atoms with Crippen molar-refractivity contribution in [1.82, 2.24) is 0 Å². The Morgan fingerprint density at radius 2 is 2.29 bits per heavy atom. The quantitative estimate of drug-likeness (QED) is 0.612. The van der Waals surface area contributed by atoms with Gasteiger partial charge in [-0.05, 0) is 24.6 Å². The highest BCUT2D eigenvalue weighted by Crippen LogP contribution is 2.18. The van der Waals surface area contributed by atoms with Gasteiger partial charge in [-0.25, -0.2) is 9.18 Å². The highest BCUT2D eigenvalue weighted by atomic mass is 19.1. The monoisotopic (exact) mass is 238 g/mol. The Morgan fingerprint density at radius 3 is 2.88 bits per heavy atom. The van der Waals surface area contributed by atoms with E-state index in [1.807, 2.05) is 6.92 Å². The van der Waals surface area contributed by atoms with E-state index in [0.717, 1.165) is 18.9 Å². The van der Waals surface area contributed by atoms with Gasteiger partial charge in [-0.1, -0.05) is 13.3 Å². The van der Waals surface area contributed by atoms with Crippen LogP contribution in [0.25, 0.3) is 6.08 Å². The van der Waals surface area contributed by atoms with Crippen molar-refractivity contribution in [2.45, 2.75) is 19.8 Å². The van der Waals surface area contributed by atoms with Gasteiger partial charge in [0.05, 0.1) is 6.61 Å². The molecule has 0 unspecified atom stereocenters. The van der Waals surface area contributed by atoms with E-state index in [1.54, 1.807) is 6.07 Å². The molecule has 0 radical (unpaired) electrons. The molecule has 1 aromatic carbocycles. The molecule has 1 rings (SSSR count). The van der Waals surface area contributed by atoms with E-state index in [0.29, 0.717) is 12.4 Å². The van der Waals surface area contributed by atoms with E-state index in [2.05, 4.69) is 0 Å². The van der Waals surface area contributed by atoms with E-state index >= 15 is 0 Å². The van der Waals surface area contributed by atoms with Crippen LogP contribution in [-0.4, -0.2) is 17.7 Å². The fourth-order valence-electron chi connectivity index (χ4n) is 1.23. The Bertz CT molecular complexity index is 413. The second-order valence-electron chi connectivity index (χ2n) is 3.56. The van der Waals surface area contributed by atoms with Crippen molar-refractivity contribution in [2.75, 3.05) is 6.61 Å². The molecule has 1 N–H and O–H groups in total. The van der Waals surface area contributed by atoms with Crippen molar-refractivity contribution >= 4 is 12.0 Å². The number of carboxylic acids is 1. The Morgan fingerprint density at radius 1 is 1.53 bits per heavy atom. The molecule has 92 valence electrons. The van der Waals surface area contributed by atoms with E-state index in [-0.39, 0.29) is 5.56 Å². The summed E-state index contributed by atoms with van der Waals surface area (Å²) in [5, 5.41) is 8.43. The first-order valence-electron chi connectivity index (χ1n) is 5.47. The Labute approximate surface area is 99.5 Å². The maximum atomic E-state index is 13.5. The summed E-state index contributed by atoms with van der Waals surface area (Å²) >= 11 is 0. The molecule has 0 heterocycles. The first-order chi connectivity index (χ1) is 8.13. The lowest BCUT2D eigenvalue weighted by molar-refractivity contribution is -0.131. The summed E-state index contributed by atoms with van der Waals surface area (Å²) < 4.78 is 18.8. The zero-order valence-corrected chi connectivity index (χ0v) is 9.65. The van der Waals surface area contributed by atoms with Gasteiger partial charge in [0.2, 0.25) is 0 Å². The second-order valence-corrected chi connectivity index (χ2v) is 3.56. The van der Waals surface area contributed by atoms with Crippen molar-refractivity contribution in [2.24, 2.45) is 0 Å². The molecule has 17 heavy (non-hydrogen) atoms. The molecule has 0 spiro atoms. The van der Waals surface area contributed by atoms with Gasteiger partial charge in [-0.3, -0.25) is 0 Å². The second kappa shape index (κ2) is 6.68. The zero-order valence-electron chi connectivity index (χ0n) is 9.65. The van der Waals surface area contributed by atoms with Crippen LogP contribution < -0.4 is 4.74 Å². The number of rotatable bonds is 6. The molecule has 0 aliphatic rings. The van der Waals surface area contributed by atoms with Crippen molar-refractivity contribution in [3.63, 3.8) is 0 Å². The number of ether oxygens (including phenoxy) is 1. The predicted molar refractivity (Wildman–Crippen MR) is 63.5 cm³/mol. The van der Waals surface area contributed by atoms with Crippen LogP contribution in [0.2, 0.25) is 0 Å². The third-order valence-electron chi connectivity index (χ3n) is 2.14. The number of benzene rings is 1. The Hall–Kier alpha value is -1.84. The van der Waals surface area contributed by atoms with E-state index in [1.165, 1.54) is 18.2 Å². The summed E-state index contributed by atoms with van der Waals surface area (Å²) in [6.07, 6.45) is 4.05. The third-order valence-corrected chi connectivity index (χ3v) is 2.14. The highest BCUT2D eigenvalue weighted by molar-refractivity contribution is 5.85. The molecule has 0 saturated carbocycles. The van der Waals surface area contributed by atoms with Gasteiger partial charge in [0.1, 0.15) is 11.6 Å². The van der Waals surface area contributed by atoms with Crippen molar-refractivity contribution < 1.29 is 19.0 Å². The van der Waals surface area contributed by atoms with Crippen LogP contribution in [0.3, 0.4) is 0 Å². The smallest absolute Gasteiger partial charge is 0.328 e. The number of halogens is 1. The largest absolute Gasteiger partial charge is 0.493 e. The molecular formula is C13H15FO3. The minimum atomic E-state index is -1.10. The molecule has 0 saturated heterocycles. The van der Waals surface area contributed by atoms with Gasteiger partial charge in [0, 0.05) is 17.7 Å². The normalized spacial score (nSPS) is 10.7. The van der Waals surface area contributed by atoms with Crippen molar-refractivity contribution in [3.05, 3.63) is 35.7 Å². The minimum Gasteiger partial charge on any atom is -0.493 e. The van der Waals surface area contributed by atoms with Crippen molar-refractivity contribution in [1.29, 1.82) is 0 Å². The number of carbonyl (C=O) groups is 1. The Balaban J connectivity index is 2.69. The van der Waals surface area contributed by atoms with Crippen LogP contribution >= 0.6 is 0 Å². The van der Waals surface area contributed by atoms with Crippen LogP contribution in [-0.2, 0) is 4.79 Å². The maximum Gasteiger partial charge on any atom is 0.328 e.